The van der Waals surface area contributed by atoms with Crippen LogP contribution in [0.25, 0.3) is 0 Å². The van der Waals surface area contributed by atoms with Gasteiger partial charge in [0.15, 0.2) is 9.84 Å². The topological polar surface area (TPSA) is 142 Å². The number of anilines is 1. The summed E-state index contributed by atoms with van der Waals surface area (Å²) in [4.78, 5) is 21.0. The summed E-state index contributed by atoms with van der Waals surface area (Å²) >= 11 is 9.58. The first-order valence-electron chi connectivity index (χ1n) is 10.8. The van der Waals surface area contributed by atoms with Crippen molar-refractivity contribution in [3.63, 3.8) is 0 Å². The number of carbonyl (C=O) groups is 2. The molecule has 3 aromatic rings. The highest BCUT2D eigenvalue weighted by molar-refractivity contribution is 9.10. The summed E-state index contributed by atoms with van der Waals surface area (Å²) in [6.45, 7) is 1.20. The molecule has 1 amide bonds. The molecule has 0 saturated heterocycles. The van der Waals surface area contributed by atoms with Gasteiger partial charge in [0, 0.05) is 35.1 Å². The molecule has 3 rings (SSSR count). The van der Waals surface area contributed by atoms with Crippen molar-refractivity contribution >= 4 is 55.4 Å². The Bertz CT molecular complexity index is 1320. The Labute approximate surface area is 228 Å². The van der Waals surface area contributed by atoms with Crippen LogP contribution in [0.3, 0.4) is 0 Å². The van der Waals surface area contributed by atoms with E-state index < -0.39 is 15.7 Å². The summed E-state index contributed by atoms with van der Waals surface area (Å²) in [7, 11) is -3.41. The van der Waals surface area contributed by atoms with Crippen LogP contribution < -0.4 is 15.4 Å². The molecule has 0 aliphatic carbocycles. The number of aliphatic hydroxyl groups is 1. The molecule has 0 fully saturated rings. The largest absolute Gasteiger partial charge is 0.489 e. The van der Waals surface area contributed by atoms with Crippen molar-refractivity contribution in [1.29, 1.82) is 0 Å². The predicted molar refractivity (Wildman–Crippen MR) is 145 cm³/mol. The number of ether oxygens (including phenoxy) is 1. The molecule has 0 heterocycles. The van der Waals surface area contributed by atoms with Crippen molar-refractivity contribution in [2.45, 2.75) is 18.0 Å². The third-order valence-electron chi connectivity index (χ3n) is 4.85. The lowest BCUT2D eigenvalue weighted by atomic mass is 10.1. The Morgan fingerprint density at radius 2 is 1.78 bits per heavy atom. The van der Waals surface area contributed by atoms with Gasteiger partial charge in [-0.3, -0.25) is 9.59 Å². The molecule has 9 nitrogen and oxygen atoms in total. The number of benzene rings is 3. The number of sulfone groups is 1. The fraction of sp³-hybridized carbons (Fsp3) is 0.200. The highest BCUT2D eigenvalue weighted by atomic mass is 79.9. The van der Waals surface area contributed by atoms with E-state index in [0.717, 1.165) is 27.6 Å². The van der Waals surface area contributed by atoms with E-state index in [9.17, 15) is 13.2 Å². The van der Waals surface area contributed by atoms with E-state index in [2.05, 4.69) is 26.6 Å². The van der Waals surface area contributed by atoms with Crippen molar-refractivity contribution in [2.75, 3.05) is 24.7 Å². The van der Waals surface area contributed by atoms with Crippen LogP contribution in [0, 0.1) is 0 Å². The van der Waals surface area contributed by atoms with Crippen molar-refractivity contribution < 1.29 is 33.0 Å². The Kier molecular flexibility index (Phi) is 12.0. The number of hydrogen-bond acceptors (Lipinski definition) is 7. The van der Waals surface area contributed by atoms with E-state index in [1.807, 2.05) is 30.3 Å². The van der Waals surface area contributed by atoms with E-state index in [-0.39, 0.29) is 28.6 Å². The number of amides is 1. The molecular weight excluding hydrogens is 588 g/mol. The lowest BCUT2D eigenvalue weighted by Gasteiger charge is -2.13. The van der Waals surface area contributed by atoms with Crippen LogP contribution in [-0.4, -0.2) is 50.4 Å². The monoisotopic (exact) mass is 612 g/mol. The maximum atomic E-state index is 12.6. The Balaban J connectivity index is 0.00000153. The van der Waals surface area contributed by atoms with E-state index in [1.165, 1.54) is 18.2 Å². The maximum Gasteiger partial charge on any atom is 0.290 e. The van der Waals surface area contributed by atoms with Crippen LogP contribution in [0.1, 0.15) is 21.5 Å². The van der Waals surface area contributed by atoms with E-state index in [0.29, 0.717) is 25.4 Å². The van der Waals surface area contributed by atoms with Gasteiger partial charge in [-0.15, -0.1) is 0 Å². The average molecular weight is 614 g/mol. The molecule has 0 aliphatic rings. The molecule has 12 heteroatoms. The maximum absolute atomic E-state index is 12.6. The third-order valence-corrected chi connectivity index (χ3v) is 6.76. The summed E-state index contributed by atoms with van der Waals surface area (Å²) in [5, 5.41) is 21.8. The molecule has 3 aromatic carbocycles. The van der Waals surface area contributed by atoms with Crippen LogP contribution in [0.4, 0.5) is 5.69 Å². The molecule has 0 aromatic heterocycles. The Morgan fingerprint density at radius 3 is 2.38 bits per heavy atom. The van der Waals surface area contributed by atoms with E-state index in [1.54, 1.807) is 12.1 Å². The first-order chi connectivity index (χ1) is 17.6. The van der Waals surface area contributed by atoms with E-state index in [4.69, 9.17) is 31.3 Å². The molecule has 0 bridgehead atoms. The Morgan fingerprint density at radius 1 is 1.11 bits per heavy atom. The number of hydrogen-bond donors (Lipinski definition) is 4. The molecule has 0 atom stereocenters. The second-order valence-electron chi connectivity index (χ2n) is 7.61. The minimum atomic E-state index is -3.41. The fourth-order valence-corrected chi connectivity index (χ4v) is 4.47. The van der Waals surface area contributed by atoms with Crippen molar-refractivity contribution in [2.24, 2.45) is 0 Å². The molecular formula is C25H26BrClN2O7S. The van der Waals surface area contributed by atoms with Crippen LogP contribution in [0.15, 0.2) is 70.0 Å². The summed E-state index contributed by atoms with van der Waals surface area (Å²) in [5.74, 6) is 0.294. The summed E-state index contributed by atoms with van der Waals surface area (Å²) in [6.07, 6.45) is 1.08. The van der Waals surface area contributed by atoms with Gasteiger partial charge in [-0.25, -0.2) is 8.42 Å². The SMILES string of the molecule is CS(=O)(=O)c1ccc(C(=O)Nc2ccc(COc3ccc(Br)cc3CNCCO)cc2)c(Cl)c1.O=CO. The first kappa shape index (κ1) is 30.3. The number of nitrogens with one attached hydrogen (secondary N) is 2. The minimum Gasteiger partial charge on any atom is -0.489 e. The molecule has 0 spiro atoms. The van der Waals surface area contributed by atoms with Crippen LogP contribution in [0.5, 0.6) is 5.75 Å². The number of rotatable bonds is 10. The zero-order chi connectivity index (χ0) is 27.4. The van der Waals surface area contributed by atoms with Crippen LogP contribution in [-0.2, 0) is 27.8 Å². The van der Waals surface area contributed by atoms with Crippen molar-refractivity contribution in [3.05, 3.63) is 86.8 Å². The zero-order valence-electron chi connectivity index (χ0n) is 19.8. The summed E-state index contributed by atoms with van der Waals surface area (Å²) in [6, 6.07) is 16.9. The van der Waals surface area contributed by atoms with Crippen molar-refractivity contribution in [3.8, 4) is 5.75 Å². The number of carboxylic acid groups (broad SMARTS) is 1. The standard InChI is InChI=1S/C24H24BrClN2O5S.CH2O2/c1-34(31,32)20-7-8-21(22(26)13-20)24(30)28-19-5-2-16(3-6-19)15-33-23-9-4-18(25)12-17(23)14-27-10-11-29;2-1-3/h2-9,12-13,27,29H,10-11,14-15H2,1H3,(H,28,30);1H,(H,2,3). The number of aliphatic hydroxyl groups excluding tert-OH is 1. The Hall–Kier alpha value is -2.96. The lowest BCUT2D eigenvalue weighted by Crippen LogP contribution is -2.18. The van der Waals surface area contributed by atoms with Gasteiger partial charge < -0.3 is 25.6 Å². The van der Waals surface area contributed by atoms with Gasteiger partial charge in [0.05, 0.1) is 22.1 Å². The fourth-order valence-electron chi connectivity index (χ4n) is 3.08. The highest BCUT2D eigenvalue weighted by Gasteiger charge is 2.15. The molecule has 0 saturated carbocycles. The predicted octanol–water partition coefficient (Wildman–Crippen LogP) is 4.12. The molecule has 37 heavy (non-hydrogen) atoms. The van der Waals surface area contributed by atoms with Gasteiger partial charge in [-0.2, -0.15) is 0 Å². The number of halogens is 2. The summed E-state index contributed by atoms with van der Waals surface area (Å²) in [5.41, 5.74) is 2.62. The third kappa shape index (κ3) is 9.78. The minimum absolute atomic E-state index is 0.0523. The van der Waals surface area contributed by atoms with Gasteiger partial charge >= 0.3 is 0 Å². The molecule has 198 valence electrons. The zero-order valence-corrected chi connectivity index (χ0v) is 22.9. The quantitative estimate of drug-likeness (QED) is 0.198. The molecule has 4 N–H and O–H groups in total. The van der Waals surface area contributed by atoms with Gasteiger partial charge in [-0.05, 0) is 54.1 Å². The smallest absolute Gasteiger partial charge is 0.290 e. The van der Waals surface area contributed by atoms with Gasteiger partial charge in [0.1, 0.15) is 12.4 Å². The van der Waals surface area contributed by atoms with E-state index >= 15 is 0 Å². The van der Waals surface area contributed by atoms with Crippen LogP contribution >= 0.6 is 27.5 Å². The normalized spacial score (nSPS) is 10.7. The first-order valence-corrected chi connectivity index (χ1v) is 13.9. The molecule has 0 unspecified atom stereocenters. The number of carbonyl (C=O) groups excluding carboxylic acids is 1. The molecule has 0 aliphatic heterocycles. The van der Waals surface area contributed by atoms with Gasteiger partial charge in [0.2, 0.25) is 0 Å². The van der Waals surface area contributed by atoms with Crippen molar-refractivity contribution in [1.82, 2.24) is 5.32 Å². The summed E-state index contributed by atoms with van der Waals surface area (Å²) < 4.78 is 30.2. The second kappa shape index (κ2) is 14.7. The lowest BCUT2D eigenvalue weighted by molar-refractivity contribution is -0.122. The van der Waals surface area contributed by atoms with Gasteiger partial charge in [-0.1, -0.05) is 39.7 Å². The van der Waals surface area contributed by atoms with Crippen LogP contribution in [0.2, 0.25) is 5.02 Å². The average Bonchev–Trinajstić information content (AvgIpc) is 2.84. The highest BCUT2D eigenvalue weighted by Crippen LogP contribution is 2.25. The second-order valence-corrected chi connectivity index (χ2v) is 10.9. The molecule has 0 radical (unpaired) electrons. The van der Waals surface area contributed by atoms with Gasteiger partial charge in [0.25, 0.3) is 12.4 Å².